The molecule has 1 aromatic carbocycles. The number of para-hydroxylation sites is 1. The van der Waals surface area contributed by atoms with Crippen LogP contribution in [0.1, 0.15) is 31.7 Å². The first-order valence-corrected chi connectivity index (χ1v) is 7.87. The molecule has 1 aliphatic rings. The number of hydrogen-bond acceptors (Lipinski definition) is 5. The molecule has 1 aliphatic heterocycles. The predicted octanol–water partition coefficient (Wildman–Crippen LogP) is 2.73. The van der Waals surface area contributed by atoms with Gasteiger partial charge in [0, 0.05) is 11.8 Å². The van der Waals surface area contributed by atoms with Crippen LogP contribution in [0, 0.1) is 10.1 Å². The minimum Gasteiger partial charge on any atom is -0.480 e. The second-order valence-electron chi connectivity index (χ2n) is 5.05. The van der Waals surface area contributed by atoms with Crippen molar-refractivity contribution in [3.05, 3.63) is 39.9 Å². The van der Waals surface area contributed by atoms with Crippen molar-refractivity contribution in [1.82, 2.24) is 5.32 Å². The minimum atomic E-state index is -0.917. The summed E-state index contributed by atoms with van der Waals surface area (Å²) in [5.41, 5.74) is 0.608. The highest BCUT2D eigenvalue weighted by molar-refractivity contribution is 8.00. The number of carboxylic acids is 1. The lowest BCUT2D eigenvalue weighted by Crippen LogP contribution is -2.43. The van der Waals surface area contributed by atoms with Crippen LogP contribution in [-0.4, -0.2) is 27.8 Å². The first-order valence-electron chi connectivity index (χ1n) is 6.88. The Hall–Kier alpha value is -1.60. The molecule has 0 aromatic heterocycles. The summed E-state index contributed by atoms with van der Waals surface area (Å²) in [6.45, 7) is 2.04. The average Bonchev–Trinajstić information content (AvgIpc) is 2.91. The number of nitrogens with zero attached hydrogens (tertiary/aromatic N) is 1. The maximum atomic E-state index is 11.3. The number of nitro groups is 1. The van der Waals surface area contributed by atoms with Gasteiger partial charge in [0.1, 0.15) is 6.04 Å². The molecule has 21 heavy (non-hydrogen) atoms. The topological polar surface area (TPSA) is 92.5 Å². The van der Waals surface area contributed by atoms with Gasteiger partial charge in [-0.3, -0.25) is 20.2 Å². The van der Waals surface area contributed by atoms with Gasteiger partial charge in [0.2, 0.25) is 0 Å². The summed E-state index contributed by atoms with van der Waals surface area (Å²) in [5, 5.41) is 23.6. The Balaban J connectivity index is 2.42. The van der Waals surface area contributed by atoms with E-state index < -0.39 is 21.8 Å². The van der Waals surface area contributed by atoms with E-state index in [1.54, 1.807) is 18.2 Å². The Kier molecular flexibility index (Phi) is 4.84. The highest BCUT2D eigenvalue weighted by atomic mass is 32.2. The normalized spacial score (nSPS) is 24.9. The van der Waals surface area contributed by atoms with E-state index in [4.69, 9.17) is 0 Å². The zero-order chi connectivity index (χ0) is 15.5. The molecule has 7 heteroatoms. The van der Waals surface area contributed by atoms with Crippen molar-refractivity contribution < 1.29 is 14.8 Å². The number of aliphatic carboxylic acids is 1. The minimum absolute atomic E-state index is 0.0413. The number of carbonyl (C=O) groups is 1. The quantitative estimate of drug-likeness (QED) is 0.620. The predicted molar refractivity (Wildman–Crippen MR) is 81.3 cm³/mol. The summed E-state index contributed by atoms with van der Waals surface area (Å²) in [7, 11) is 0. The van der Waals surface area contributed by atoms with Gasteiger partial charge in [-0.05, 0) is 12.5 Å². The number of nitro benzene ring substituents is 1. The van der Waals surface area contributed by atoms with Gasteiger partial charge < -0.3 is 5.11 Å². The van der Waals surface area contributed by atoms with Gasteiger partial charge in [0.25, 0.3) is 5.69 Å². The van der Waals surface area contributed by atoms with Crippen molar-refractivity contribution in [2.24, 2.45) is 0 Å². The highest BCUT2D eigenvalue weighted by Crippen LogP contribution is 2.46. The number of thioether (sulfide) groups is 1. The second-order valence-corrected chi connectivity index (χ2v) is 6.37. The fraction of sp³-hybridized carbons (Fsp3) is 0.500. The molecule has 1 aromatic rings. The Labute approximate surface area is 127 Å². The molecule has 2 rings (SSSR count). The molecule has 6 nitrogen and oxygen atoms in total. The molecular formula is C14H18N2O4S. The van der Waals surface area contributed by atoms with Crippen LogP contribution >= 0.6 is 11.8 Å². The molecular weight excluding hydrogens is 292 g/mol. The van der Waals surface area contributed by atoms with Crippen LogP contribution < -0.4 is 5.32 Å². The summed E-state index contributed by atoms with van der Waals surface area (Å²) >= 11 is 1.45. The first kappa shape index (κ1) is 15.8. The van der Waals surface area contributed by atoms with Crippen LogP contribution in [0.2, 0.25) is 0 Å². The molecule has 2 unspecified atom stereocenters. The number of carboxylic acid groups (broad SMARTS) is 1. The molecule has 0 radical (unpaired) electrons. The summed E-state index contributed by atoms with van der Waals surface area (Å²) in [6, 6.07) is 5.90. The van der Waals surface area contributed by atoms with E-state index in [1.165, 1.54) is 17.8 Å². The average molecular weight is 310 g/mol. The lowest BCUT2D eigenvalue weighted by atomic mass is 9.97. The van der Waals surface area contributed by atoms with Crippen LogP contribution in [0.4, 0.5) is 5.69 Å². The Morgan fingerprint density at radius 1 is 1.57 bits per heavy atom. The standard InChI is InChI=1S/C14H18N2O4S/c1-2-3-8-14(15-11(9-21-14)13(17)18)10-6-4-5-7-12(10)16(19)20/h4-7,11,15H,2-3,8-9H2,1H3,(H,17,18). The lowest BCUT2D eigenvalue weighted by Gasteiger charge is -2.29. The van der Waals surface area contributed by atoms with Gasteiger partial charge in [0.05, 0.1) is 15.4 Å². The molecule has 1 fully saturated rings. The highest BCUT2D eigenvalue weighted by Gasteiger charge is 2.45. The third-order valence-electron chi connectivity index (χ3n) is 3.62. The van der Waals surface area contributed by atoms with Crippen molar-refractivity contribution in [3.8, 4) is 0 Å². The summed E-state index contributed by atoms with van der Waals surface area (Å²) in [4.78, 5) is 21.4. The maximum absolute atomic E-state index is 11.3. The van der Waals surface area contributed by atoms with Crippen LogP contribution in [-0.2, 0) is 9.67 Å². The van der Waals surface area contributed by atoms with Crippen LogP contribution in [0.5, 0.6) is 0 Å². The third kappa shape index (κ3) is 3.19. The Morgan fingerprint density at radius 2 is 2.29 bits per heavy atom. The van der Waals surface area contributed by atoms with Gasteiger partial charge >= 0.3 is 5.97 Å². The van der Waals surface area contributed by atoms with E-state index in [2.05, 4.69) is 5.32 Å². The molecule has 0 spiro atoms. The van der Waals surface area contributed by atoms with Crippen LogP contribution in [0.3, 0.4) is 0 Å². The van der Waals surface area contributed by atoms with Gasteiger partial charge in [-0.2, -0.15) is 0 Å². The fourth-order valence-electron chi connectivity index (χ4n) is 2.56. The summed E-state index contributed by atoms with van der Waals surface area (Å²) in [5.74, 6) is -0.509. The lowest BCUT2D eigenvalue weighted by molar-refractivity contribution is -0.385. The Bertz CT molecular complexity index is 552. The van der Waals surface area contributed by atoms with E-state index in [1.807, 2.05) is 6.92 Å². The number of benzene rings is 1. The summed E-state index contributed by atoms with van der Waals surface area (Å²) in [6.07, 6.45) is 2.49. The van der Waals surface area contributed by atoms with Crippen molar-refractivity contribution in [1.29, 1.82) is 0 Å². The third-order valence-corrected chi connectivity index (χ3v) is 5.15. The number of hydrogen-bond donors (Lipinski definition) is 2. The monoisotopic (exact) mass is 310 g/mol. The van der Waals surface area contributed by atoms with Crippen LogP contribution in [0.15, 0.2) is 24.3 Å². The molecule has 2 atom stereocenters. The maximum Gasteiger partial charge on any atom is 0.321 e. The van der Waals surface area contributed by atoms with Crippen molar-refractivity contribution in [2.45, 2.75) is 37.1 Å². The number of unbranched alkanes of at least 4 members (excludes halogenated alkanes) is 1. The van der Waals surface area contributed by atoms with Gasteiger partial charge in [0.15, 0.2) is 0 Å². The van der Waals surface area contributed by atoms with E-state index >= 15 is 0 Å². The zero-order valence-corrected chi connectivity index (χ0v) is 12.6. The molecule has 114 valence electrons. The van der Waals surface area contributed by atoms with Crippen molar-refractivity contribution in [3.63, 3.8) is 0 Å². The molecule has 1 heterocycles. The molecule has 0 aliphatic carbocycles. The molecule has 0 amide bonds. The van der Waals surface area contributed by atoms with Crippen LogP contribution in [0.25, 0.3) is 0 Å². The molecule has 2 N–H and O–H groups in total. The number of rotatable bonds is 6. The van der Waals surface area contributed by atoms with Gasteiger partial charge in [-0.15, -0.1) is 11.8 Å². The smallest absolute Gasteiger partial charge is 0.321 e. The SMILES string of the molecule is CCCCC1(c2ccccc2[N+](=O)[O-])NC(C(=O)O)CS1. The Morgan fingerprint density at radius 3 is 2.86 bits per heavy atom. The fourth-order valence-corrected chi connectivity index (χ4v) is 4.08. The van der Waals surface area contributed by atoms with E-state index in [0.717, 1.165) is 12.8 Å². The zero-order valence-electron chi connectivity index (χ0n) is 11.7. The second kappa shape index (κ2) is 6.44. The first-order chi connectivity index (χ1) is 10.00. The van der Waals surface area contributed by atoms with E-state index in [9.17, 15) is 20.0 Å². The van der Waals surface area contributed by atoms with E-state index in [-0.39, 0.29) is 5.69 Å². The number of nitrogens with one attached hydrogen (secondary N) is 1. The largest absolute Gasteiger partial charge is 0.480 e. The van der Waals surface area contributed by atoms with Crippen molar-refractivity contribution >= 4 is 23.4 Å². The molecule has 0 saturated carbocycles. The van der Waals surface area contributed by atoms with Gasteiger partial charge in [-0.25, -0.2) is 0 Å². The van der Waals surface area contributed by atoms with Crippen molar-refractivity contribution in [2.75, 3.05) is 5.75 Å². The molecule has 0 bridgehead atoms. The van der Waals surface area contributed by atoms with E-state index in [0.29, 0.717) is 17.7 Å². The molecule has 1 saturated heterocycles. The van der Waals surface area contributed by atoms with Gasteiger partial charge in [-0.1, -0.05) is 31.9 Å². The summed E-state index contributed by atoms with van der Waals surface area (Å²) < 4.78 is 0.